The molecule has 1 aromatic carbocycles. The second-order valence-corrected chi connectivity index (χ2v) is 5.99. The van der Waals surface area contributed by atoms with E-state index in [9.17, 15) is 8.78 Å². The molecule has 1 aliphatic rings. The van der Waals surface area contributed by atoms with Crippen molar-refractivity contribution in [3.8, 4) is 6.07 Å². The second kappa shape index (κ2) is 6.96. The summed E-state index contributed by atoms with van der Waals surface area (Å²) < 4.78 is 27.5. The zero-order chi connectivity index (χ0) is 18.8. The summed E-state index contributed by atoms with van der Waals surface area (Å²) in [5, 5.41) is 11.9. The Morgan fingerprint density at radius 1 is 1.26 bits per heavy atom. The molecule has 3 heterocycles. The normalized spacial score (nSPS) is 16.2. The van der Waals surface area contributed by atoms with E-state index >= 15 is 0 Å². The molecular formula is C19H14F2N6. The highest BCUT2D eigenvalue weighted by Crippen LogP contribution is 2.24. The van der Waals surface area contributed by atoms with Gasteiger partial charge in [-0.15, -0.1) is 0 Å². The monoisotopic (exact) mass is 364 g/mol. The van der Waals surface area contributed by atoms with Crippen LogP contribution < -0.4 is 5.32 Å². The van der Waals surface area contributed by atoms with Gasteiger partial charge in [0.15, 0.2) is 11.5 Å². The molecular weight excluding hydrogens is 350 g/mol. The Balaban J connectivity index is 1.72. The van der Waals surface area contributed by atoms with Crippen LogP contribution in [0.5, 0.6) is 0 Å². The lowest BCUT2D eigenvalue weighted by Crippen LogP contribution is -2.24. The zero-order valence-corrected chi connectivity index (χ0v) is 14.0. The van der Waals surface area contributed by atoms with E-state index in [0.29, 0.717) is 23.6 Å². The second-order valence-electron chi connectivity index (χ2n) is 5.99. The summed E-state index contributed by atoms with van der Waals surface area (Å²) in [6.45, 7) is 0. The molecule has 134 valence electrons. The number of aromatic nitrogens is 3. The molecule has 3 aromatic rings. The van der Waals surface area contributed by atoms with Crippen LogP contribution in [0, 0.1) is 11.3 Å². The SMILES string of the molecule is N#CCc1cccc(C2C=CNC(c3cnc4cnc(C(F)F)cn34)=N2)c1. The highest BCUT2D eigenvalue weighted by Gasteiger charge is 2.18. The quantitative estimate of drug-likeness (QED) is 0.770. The zero-order valence-electron chi connectivity index (χ0n) is 14.0. The number of aliphatic imine (C=N–C) groups is 1. The van der Waals surface area contributed by atoms with Crippen molar-refractivity contribution in [3.05, 3.63) is 77.6 Å². The van der Waals surface area contributed by atoms with Gasteiger partial charge in [0.2, 0.25) is 0 Å². The van der Waals surface area contributed by atoms with Crippen LogP contribution in [0.1, 0.15) is 35.0 Å². The highest BCUT2D eigenvalue weighted by atomic mass is 19.3. The number of fused-ring (bicyclic) bond motifs is 1. The molecule has 0 amide bonds. The lowest BCUT2D eigenvalue weighted by molar-refractivity contribution is 0.145. The Bertz CT molecular complexity index is 1090. The van der Waals surface area contributed by atoms with Gasteiger partial charge in [-0.25, -0.2) is 18.7 Å². The van der Waals surface area contributed by atoms with E-state index in [0.717, 1.165) is 11.1 Å². The van der Waals surface area contributed by atoms with E-state index in [1.807, 2.05) is 30.3 Å². The van der Waals surface area contributed by atoms with Crippen LogP contribution >= 0.6 is 0 Å². The number of hydrogen-bond acceptors (Lipinski definition) is 5. The van der Waals surface area contributed by atoms with Crippen molar-refractivity contribution in [1.29, 1.82) is 5.26 Å². The number of amidine groups is 1. The lowest BCUT2D eigenvalue weighted by atomic mass is 10.0. The van der Waals surface area contributed by atoms with Gasteiger partial charge in [0.25, 0.3) is 6.43 Å². The lowest BCUT2D eigenvalue weighted by Gasteiger charge is -2.17. The average molecular weight is 364 g/mol. The standard InChI is InChI=1S/C19H14F2N6/c20-18(21)15-11-27-16(9-25-17(27)10-24-15)19-23-7-5-14(26-19)13-3-1-2-12(8-13)4-6-22/h1-3,5,7-11,14,18H,4H2,(H,23,26). The molecule has 1 aliphatic heterocycles. The third-order valence-electron chi connectivity index (χ3n) is 4.22. The molecule has 0 saturated heterocycles. The van der Waals surface area contributed by atoms with E-state index in [1.165, 1.54) is 12.4 Å². The molecule has 2 aromatic heterocycles. The molecule has 1 atom stereocenters. The van der Waals surface area contributed by atoms with Gasteiger partial charge in [-0.3, -0.25) is 9.39 Å². The fraction of sp³-hybridized carbons (Fsp3) is 0.158. The van der Waals surface area contributed by atoms with Crippen LogP contribution in [0.25, 0.3) is 5.65 Å². The third-order valence-corrected chi connectivity index (χ3v) is 4.22. The molecule has 0 fully saturated rings. The van der Waals surface area contributed by atoms with E-state index in [-0.39, 0.29) is 11.7 Å². The Labute approximate surface area is 153 Å². The van der Waals surface area contributed by atoms with Crippen molar-refractivity contribution in [3.63, 3.8) is 0 Å². The Morgan fingerprint density at radius 3 is 2.96 bits per heavy atom. The molecule has 0 saturated carbocycles. The number of alkyl halides is 2. The summed E-state index contributed by atoms with van der Waals surface area (Å²) in [6.07, 6.45) is 5.47. The number of nitriles is 1. The molecule has 1 N–H and O–H groups in total. The van der Waals surface area contributed by atoms with Crippen molar-refractivity contribution >= 4 is 11.5 Å². The first kappa shape index (κ1) is 16.8. The van der Waals surface area contributed by atoms with E-state index < -0.39 is 6.43 Å². The first-order valence-corrected chi connectivity index (χ1v) is 8.24. The fourth-order valence-electron chi connectivity index (χ4n) is 2.93. The topological polar surface area (TPSA) is 78.4 Å². The highest BCUT2D eigenvalue weighted by molar-refractivity contribution is 5.99. The maximum absolute atomic E-state index is 13.0. The molecule has 1 unspecified atom stereocenters. The number of nitrogens with one attached hydrogen (secondary N) is 1. The van der Waals surface area contributed by atoms with E-state index in [2.05, 4.69) is 26.3 Å². The minimum Gasteiger partial charge on any atom is -0.345 e. The first-order chi connectivity index (χ1) is 13.2. The smallest absolute Gasteiger partial charge is 0.281 e. The fourth-order valence-corrected chi connectivity index (χ4v) is 2.93. The average Bonchev–Trinajstić information content (AvgIpc) is 3.12. The van der Waals surface area contributed by atoms with Gasteiger partial charge in [-0.05, 0) is 17.2 Å². The number of hydrogen-bond donors (Lipinski definition) is 1. The summed E-state index contributed by atoms with van der Waals surface area (Å²) in [7, 11) is 0. The van der Waals surface area contributed by atoms with Crippen LogP contribution in [0.2, 0.25) is 0 Å². The maximum atomic E-state index is 13.0. The molecule has 0 spiro atoms. The Kier molecular flexibility index (Phi) is 4.34. The van der Waals surface area contributed by atoms with Crippen molar-refractivity contribution in [1.82, 2.24) is 19.7 Å². The van der Waals surface area contributed by atoms with Gasteiger partial charge in [-0.2, -0.15) is 5.26 Å². The predicted molar refractivity (Wildman–Crippen MR) is 95.3 cm³/mol. The summed E-state index contributed by atoms with van der Waals surface area (Å²) >= 11 is 0. The molecule has 6 nitrogen and oxygen atoms in total. The summed E-state index contributed by atoms with van der Waals surface area (Å²) in [6, 6.07) is 9.55. The van der Waals surface area contributed by atoms with E-state index in [1.54, 1.807) is 16.8 Å². The molecule has 0 bridgehead atoms. The van der Waals surface area contributed by atoms with Crippen molar-refractivity contribution < 1.29 is 8.78 Å². The van der Waals surface area contributed by atoms with Crippen molar-refractivity contribution in [2.24, 2.45) is 4.99 Å². The molecule has 0 radical (unpaired) electrons. The Hall–Kier alpha value is -3.60. The van der Waals surface area contributed by atoms with Crippen LogP contribution in [0.3, 0.4) is 0 Å². The number of halogens is 2. The van der Waals surface area contributed by atoms with Gasteiger partial charge < -0.3 is 5.32 Å². The van der Waals surface area contributed by atoms with Gasteiger partial charge in [0.1, 0.15) is 11.4 Å². The van der Waals surface area contributed by atoms with Crippen LogP contribution in [-0.4, -0.2) is 20.2 Å². The minimum absolute atomic E-state index is 0.248. The number of imidazole rings is 1. The van der Waals surface area contributed by atoms with Gasteiger partial charge in [0, 0.05) is 12.4 Å². The van der Waals surface area contributed by atoms with Crippen LogP contribution in [0.15, 0.2) is 60.1 Å². The summed E-state index contributed by atoms with van der Waals surface area (Å²) in [5.74, 6) is 0.520. The largest absolute Gasteiger partial charge is 0.345 e. The minimum atomic E-state index is -2.67. The van der Waals surface area contributed by atoms with Crippen LogP contribution in [-0.2, 0) is 6.42 Å². The first-order valence-electron chi connectivity index (χ1n) is 8.24. The molecule has 8 heteroatoms. The number of benzene rings is 1. The Morgan fingerprint density at radius 2 is 2.15 bits per heavy atom. The molecule has 0 aliphatic carbocycles. The molecule has 4 rings (SSSR count). The maximum Gasteiger partial charge on any atom is 0.281 e. The van der Waals surface area contributed by atoms with Gasteiger partial charge in [-0.1, -0.05) is 24.3 Å². The van der Waals surface area contributed by atoms with Crippen molar-refractivity contribution in [2.45, 2.75) is 18.9 Å². The third kappa shape index (κ3) is 3.27. The summed E-state index contributed by atoms with van der Waals surface area (Å²) in [4.78, 5) is 12.6. The predicted octanol–water partition coefficient (Wildman–Crippen LogP) is 3.34. The van der Waals surface area contributed by atoms with Crippen LogP contribution in [0.4, 0.5) is 8.78 Å². The summed E-state index contributed by atoms with van der Waals surface area (Å²) in [5.41, 5.74) is 2.56. The number of rotatable bonds is 4. The van der Waals surface area contributed by atoms with Crippen molar-refractivity contribution in [2.75, 3.05) is 0 Å². The van der Waals surface area contributed by atoms with E-state index in [4.69, 9.17) is 5.26 Å². The van der Waals surface area contributed by atoms with Gasteiger partial charge in [0.05, 0.1) is 30.9 Å². The number of nitrogens with zero attached hydrogens (tertiary/aromatic N) is 5. The van der Waals surface area contributed by atoms with Gasteiger partial charge >= 0.3 is 0 Å². The molecule has 27 heavy (non-hydrogen) atoms.